The zero-order valence-corrected chi connectivity index (χ0v) is 14.6. The van der Waals surface area contributed by atoms with Crippen LogP contribution in [0.25, 0.3) is 0 Å². The van der Waals surface area contributed by atoms with Gasteiger partial charge in [0.05, 0.1) is 10.2 Å². The standard InChI is InChI=1S/C13H9Br2F2NO2S/c1-7-2-3-13(9(15)4-7)21(19,20)18-12-5-8(14)10(16)6-11(12)17/h2-6,18H,1H3. The van der Waals surface area contributed by atoms with Crippen LogP contribution in [-0.2, 0) is 10.0 Å². The molecule has 0 amide bonds. The molecular weight excluding hydrogens is 432 g/mol. The van der Waals surface area contributed by atoms with E-state index in [4.69, 9.17) is 0 Å². The van der Waals surface area contributed by atoms with Gasteiger partial charge in [-0.2, -0.15) is 0 Å². The van der Waals surface area contributed by atoms with Gasteiger partial charge in [-0.15, -0.1) is 0 Å². The number of halogens is 4. The summed E-state index contributed by atoms with van der Waals surface area (Å²) in [5.41, 5.74) is 0.535. The molecule has 8 heteroatoms. The van der Waals surface area contributed by atoms with Gasteiger partial charge >= 0.3 is 0 Å². The Morgan fingerprint density at radius 1 is 1.00 bits per heavy atom. The van der Waals surface area contributed by atoms with Gasteiger partial charge in [-0.1, -0.05) is 6.07 Å². The van der Waals surface area contributed by atoms with Crippen molar-refractivity contribution in [1.82, 2.24) is 0 Å². The van der Waals surface area contributed by atoms with E-state index in [-0.39, 0.29) is 15.1 Å². The predicted octanol–water partition coefficient (Wildman–Crippen LogP) is 4.60. The maximum absolute atomic E-state index is 13.6. The summed E-state index contributed by atoms with van der Waals surface area (Å²) >= 11 is 6.04. The molecular formula is C13H9Br2F2NO2S. The molecule has 0 aliphatic heterocycles. The van der Waals surface area contributed by atoms with Crippen molar-refractivity contribution >= 4 is 47.6 Å². The lowest BCUT2D eigenvalue weighted by molar-refractivity contribution is 0.579. The van der Waals surface area contributed by atoms with Crippen LogP contribution in [0.3, 0.4) is 0 Å². The third kappa shape index (κ3) is 3.61. The Hall–Kier alpha value is -0.990. The lowest BCUT2D eigenvalue weighted by atomic mass is 10.2. The van der Waals surface area contributed by atoms with Gasteiger partial charge in [0, 0.05) is 10.5 Å². The van der Waals surface area contributed by atoms with E-state index < -0.39 is 21.7 Å². The molecule has 0 unspecified atom stereocenters. The lowest BCUT2D eigenvalue weighted by Crippen LogP contribution is -2.15. The Morgan fingerprint density at radius 3 is 2.29 bits per heavy atom. The highest BCUT2D eigenvalue weighted by Crippen LogP contribution is 2.28. The van der Waals surface area contributed by atoms with E-state index >= 15 is 0 Å². The molecule has 0 radical (unpaired) electrons. The summed E-state index contributed by atoms with van der Waals surface area (Å²) in [6, 6.07) is 6.29. The molecule has 0 bridgehead atoms. The topological polar surface area (TPSA) is 46.2 Å². The van der Waals surface area contributed by atoms with Crippen LogP contribution in [0, 0.1) is 18.6 Å². The van der Waals surface area contributed by atoms with E-state index in [0.717, 1.165) is 11.6 Å². The van der Waals surface area contributed by atoms with E-state index in [1.54, 1.807) is 12.1 Å². The second-order valence-electron chi connectivity index (χ2n) is 4.29. The van der Waals surface area contributed by atoms with Crippen molar-refractivity contribution in [2.24, 2.45) is 0 Å². The minimum Gasteiger partial charge on any atom is -0.277 e. The zero-order chi connectivity index (χ0) is 15.8. The van der Waals surface area contributed by atoms with Crippen LogP contribution in [0.1, 0.15) is 5.56 Å². The second-order valence-corrected chi connectivity index (χ2v) is 7.65. The van der Waals surface area contributed by atoms with Crippen LogP contribution in [0.15, 0.2) is 44.2 Å². The maximum atomic E-state index is 13.6. The highest BCUT2D eigenvalue weighted by molar-refractivity contribution is 9.10. The van der Waals surface area contributed by atoms with E-state index in [1.165, 1.54) is 6.07 Å². The maximum Gasteiger partial charge on any atom is 0.263 e. The first-order valence-corrected chi connectivity index (χ1v) is 8.71. The van der Waals surface area contributed by atoms with Crippen LogP contribution < -0.4 is 4.72 Å². The molecule has 0 saturated carbocycles. The second kappa shape index (κ2) is 6.02. The Kier molecular flexibility index (Phi) is 4.69. The number of nitrogens with one attached hydrogen (secondary N) is 1. The molecule has 112 valence electrons. The molecule has 21 heavy (non-hydrogen) atoms. The fraction of sp³-hybridized carbons (Fsp3) is 0.0769. The molecule has 0 heterocycles. The summed E-state index contributed by atoms with van der Waals surface area (Å²) < 4.78 is 53.7. The Balaban J connectivity index is 2.45. The van der Waals surface area contributed by atoms with Crippen LogP contribution in [0.4, 0.5) is 14.5 Å². The molecule has 0 atom stereocenters. The summed E-state index contributed by atoms with van der Waals surface area (Å²) in [7, 11) is -3.99. The minimum absolute atomic E-state index is 0.0343. The van der Waals surface area contributed by atoms with Crippen LogP contribution in [0.5, 0.6) is 0 Å². The molecule has 2 aromatic carbocycles. The average molecular weight is 441 g/mol. The predicted molar refractivity (Wildman–Crippen MR) is 83.7 cm³/mol. The largest absolute Gasteiger partial charge is 0.277 e. The normalized spacial score (nSPS) is 11.5. The smallest absolute Gasteiger partial charge is 0.263 e. The van der Waals surface area contributed by atoms with Crippen molar-refractivity contribution in [2.75, 3.05) is 4.72 Å². The molecule has 0 saturated heterocycles. The van der Waals surface area contributed by atoms with Gasteiger partial charge in [-0.3, -0.25) is 4.72 Å². The summed E-state index contributed by atoms with van der Waals surface area (Å²) in [6.45, 7) is 1.81. The number of benzene rings is 2. The molecule has 0 aromatic heterocycles. The van der Waals surface area contributed by atoms with Crippen molar-refractivity contribution < 1.29 is 17.2 Å². The van der Waals surface area contributed by atoms with E-state index in [1.807, 2.05) is 6.92 Å². The highest BCUT2D eigenvalue weighted by Gasteiger charge is 2.20. The van der Waals surface area contributed by atoms with Crippen LogP contribution >= 0.6 is 31.9 Å². The molecule has 2 rings (SSSR count). The van der Waals surface area contributed by atoms with Crippen molar-refractivity contribution in [2.45, 2.75) is 11.8 Å². The number of sulfonamides is 1. The molecule has 0 aliphatic carbocycles. The number of aryl methyl sites for hydroxylation is 1. The fourth-order valence-electron chi connectivity index (χ4n) is 1.62. The molecule has 1 N–H and O–H groups in total. The Labute approximate surface area is 137 Å². The third-order valence-electron chi connectivity index (χ3n) is 2.63. The lowest BCUT2D eigenvalue weighted by Gasteiger charge is -2.11. The van der Waals surface area contributed by atoms with Crippen LogP contribution in [-0.4, -0.2) is 8.42 Å². The van der Waals surface area contributed by atoms with Gasteiger partial charge in [0.2, 0.25) is 0 Å². The first kappa shape index (κ1) is 16.4. The van der Waals surface area contributed by atoms with Gasteiger partial charge in [0.1, 0.15) is 16.5 Å². The molecule has 0 spiro atoms. The van der Waals surface area contributed by atoms with E-state index in [9.17, 15) is 17.2 Å². The summed E-state index contributed by atoms with van der Waals surface area (Å²) in [4.78, 5) is -0.0343. The molecule has 3 nitrogen and oxygen atoms in total. The monoisotopic (exact) mass is 439 g/mol. The first-order chi connectivity index (χ1) is 9.70. The van der Waals surface area contributed by atoms with Crippen molar-refractivity contribution in [3.8, 4) is 0 Å². The average Bonchev–Trinajstić information content (AvgIpc) is 2.35. The van der Waals surface area contributed by atoms with E-state index in [0.29, 0.717) is 10.5 Å². The SMILES string of the molecule is Cc1ccc(S(=O)(=O)Nc2cc(Br)c(F)cc2F)c(Br)c1. The highest BCUT2D eigenvalue weighted by atomic mass is 79.9. The van der Waals surface area contributed by atoms with Gasteiger partial charge in [0.15, 0.2) is 0 Å². The third-order valence-corrected chi connectivity index (χ3v) is 5.58. The van der Waals surface area contributed by atoms with Gasteiger partial charge in [0.25, 0.3) is 10.0 Å². The minimum atomic E-state index is -3.99. The van der Waals surface area contributed by atoms with Gasteiger partial charge < -0.3 is 0 Å². The van der Waals surface area contributed by atoms with Crippen molar-refractivity contribution in [3.63, 3.8) is 0 Å². The summed E-state index contributed by atoms with van der Waals surface area (Å²) in [5, 5.41) is 0. The Morgan fingerprint density at radius 2 is 1.67 bits per heavy atom. The number of hydrogen-bond acceptors (Lipinski definition) is 2. The van der Waals surface area contributed by atoms with Gasteiger partial charge in [-0.05, 0) is 62.5 Å². The first-order valence-electron chi connectivity index (χ1n) is 5.64. The summed E-state index contributed by atoms with van der Waals surface area (Å²) in [6.07, 6.45) is 0. The van der Waals surface area contributed by atoms with E-state index in [2.05, 4.69) is 36.6 Å². The number of rotatable bonds is 3. The molecule has 2 aromatic rings. The zero-order valence-electron chi connectivity index (χ0n) is 10.6. The van der Waals surface area contributed by atoms with Crippen molar-refractivity contribution in [3.05, 3.63) is 56.5 Å². The quantitative estimate of drug-likeness (QED) is 0.709. The molecule has 0 aliphatic rings. The Bertz CT molecular complexity index is 810. The number of anilines is 1. The van der Waals surface area contributed by atoms with Crippen LogP contribution in [0.2, 0.25) is 0 Å². The number of hydrogen-bond donors (Lipinski definition) is 1. The molecule has 0 fully saturated rings. The fourth-order valence-corrected chi connectivity index (χ4v) is 4.22. The summed E-state index contributed by atoms with van der Waals surface area (Å²) in [5.74, 6) is -1.81. The van der Waals surface area contributed by atoms with Crippen molar-refractivity contribution in [1.29, 1.82) is 0 Å². The van der Waals surface area contributed by atoms with Gasteiger partial charge in [-0.25, -0.2) is 17.2 Å².